The largest absolute Gasteiger partial charge is 0.481 e. The minimum absolute atomic E-state index is 0.331. The van der Waals surface area contributed by atoms with Crippen LogP contribution < -0.4 is 16.4 Å². The van der Waals surface area contributed by atoms with Crippen LogP contribution in [0.15, 0.2) is 24.3 Å². The number of benzene rings is 1. The van der Waals surface area contributed by atoms with Gasteiger partial charge in [-0.25, -0.2) is 0 Å². The molecule has 1 saturated heterocycles. The van der Waals surface area contributed by atoms with Crippen LogP contribution in [0.1, 0.15) is 12.0 Å². The van der Waals surface area contributed by atoms with Gasteiger partial charge in [-0.15, -0.1) is 0 Å². The summed E-state index contributed by atoms with van der Waals surface area (Å²) in [4.78, 5) is 34.2. The van der Waals surface area contributed by atoms with Crippen LogP contribution in [-0.2, 0) is 20.8 Å². The van der Waals surface area contributed by atoms with Crippen molar-refractivity contribution in [3.8, 4) is 0 Å². The van der Waals surface area contributed by atoms with Crippen LogP contribution in [0.3, 0.4) is 0 Å². The Morgan fingerprint density at radius 2 is 1.65 bits per heavy atom. The highest BCUT2D eigenvalue weighted by atomic mass is 16.4. The van der Waals surface area contributed by atoms with Gasteiger partial charge in [0, 0.05) is 12.1 Å². The van der Waals surface area contributed by atoms with Crippen molar-refractivity contribution in [2.45, 2.75) is 24.9 Å². The second-order valence-electron chi connectivity index (χ2n) is 4.67. The summed E-state index contributed by atoms with van der Waals surface area (Å²) < 4.78 is 0. The Kier molecular flexibility index (Phi) is 3.88. The van der Waals surface area contributed by atoms with E-state index in [0.29, 0.717) is 12.1 Å². The zero-order chi connectivity index (χ0) is 14.7. The van der Waals surface area contributed by atoms with Gasteiger partial charge in [-0.3, -0.25) is 14.4 Å². The number of anilines is 1. The van der Waals surface area contributed by atoms with Gasteiger partial charge in [-0.2, -0.15) is 0 Å². The summed E-state index contributed by atoms with van der Waals surface area (Å²) in [7, 11) is 0. The quantitative estimate of drug-likeness (QED) is 0.540. The first-order chi connectivity index (χ1) is 9.45. The Bertz CT molecular complexity index is 541. The highest BCUT2D eigenvalue weighted by Gasteiger charge is 2.34. The highest BCUT2D eigenvalue weighted by molar-refractivity contribution is 5.98. The van der Waals surface area contributed by atoms with Crippen LogP contribution in [0.4, 0.5) is 5.69 Å². The first kappa shape index (κ1) is 13.9. The second-order valence-corrected chi connectivity index (χ2v) is 4.67. The summed E-state index contributed by atoms with van der Waals surface area (Å²) in [6.07, 6.45) is -0.0934. The van der Waals surface area contributed by atoms with Crippen molar-refractivity contribution in [1.82, 2.24) is 10.6 Å². The zero-order valence-electron chi connectivity index (χ0n) is 10.6. The molecule has 5 N–H and O–H groups in total. The zero-order valence-corrected chi connectivity index (χ0v) is 10.6. The molecule has 1 aromatic rings. The second kappa shape index (κ2) is 5.60. The first-order valence-corrected chi connectivity index (χ1v) is 6.12. The minimum atomic E-state index is -1.14. The molecule has 0 bridgehead atoms. The highest BCUT2D eigenvalue weighted by Crippen LogP contribution is 2.10. The summed E-state index contributed by atoms with van der Waals surface area (Å²) >= 11 is 0. The molecule has 1 fully saturated rings. The Morgan fingerprint density at radius 3 is 2.25 bits per heavy atom. The Labute approximate surface area is 115 Å². The topological polar surface area (TPSA) is 122 Å². The van der Waals surface area contributed by atoms with Crippen molar-refractivity contribution in [3.63, 3.8) is 0 Å². The summed E-state index contributed by atoms with van der Waals surface area (Å²) in [6.45, 7) is 0. The molecule has 20 heavy (non-hydrogen) atoms. The molecule has 1 heterocycles. The van der Waals surface area contributed by atoms with E-state index in [1.54, 1.807) is 24.3 Å². The maximum Gasteiger partial charge on any atom is 0.305 e. The summed E-state index contributed by atoms with van der Waals surface area (Å²) in [5, 5.41) is 13.6. The molecule has 1 aliphatic heterocycles. The smallest absolute Gasteiger partial charge is 0.305 e. The number of hydrogen-bond acceptors (Lipinski definition) is 4. The van der Waals surface area contributed by atoms with Gasteiger partial charge in [0.15, 0.2) is 0 Å². The van der Waals surface area contributed by atoms with E-state index >= 15 is 0 Å². The van der Waals surface area contributed by atoms with E-state index in [4.69, 9.17) is 10.8 Å². The van der Waals surface area contributed by atoms with Crippen LogP contribution in [0.5, 0.6) is 0 Å². The maximum absolute atomic E-state index is 11.9. The standard InChI is InChI=1S/C13H15N3O4/c14-8-3-1-7(2-4-8)5-9-12(19)16-10(6-11(17)18)13(20)15-9/h1-4,9-10H,5-6,14H2,(H,15,20)(H,16,19)(H,17,18). The molecule has 0 spiro atoms. The monoisotopic (exact) mass is 277 g/mol. The van der Waals surface area contributed by atoms with Gasteiger partial charge in [0.1, 0.15) is 12.1 Å². The number of carbonyl (C=O) groups is 3. The van der Waals surface area contributed by atoms with Crippen LogP contribution in [-0.4, -0.2) is 35.0 Å². The molecule has 7 nitrogen and oxygen atoms in total. The number of nitrogen functional groups attached to an aromatic ring is 1. The number of carboxylic acid groups (broad SMARTS) is 1. The number of nitrogens with two attached hydrogens (primary N) is 1. The van der Waals surface area contributed by atoms with Crippen LogP contribution in [0, 0.1) is 0 Å². The maximum atomic E-state index is 11.9. The molecule has 1 aromatic carbocycles. The van der Waals surface area contributed by atoms with E-state index < -0.39 is 30.4 Å². The van der Waals surface area contributed by atoms with Gasteiger partial charge in [0.05, 0.1) is 6.42 Å². The average Bonchev–Trinajstić information content (AvgIpc) is 2.37. The van der Waals surface area contributed by atoms with Crippen molar-refractivity contribution in [2.24, 2.45) is 0 Å². The Hall–Kier alpha value is -2.57. The molecular weight excluding hydrogens is 262 g/mol. The number of piperazine rings is 1. The van der Waals surface area contributed by atoms with Crippen molar-refractivity contribution in [3.05, 3.63) is 29.8 Å². The van der Waals surface area contributed by atoms with Gasteiger partial charge in [0.2, 0.25) is 11.8 Å². The lowest BCUT2D eigenvalue weighted by molar-refractivity contribution is -0.143. The summed E-state index contributed by atoms with van der Waals surface area (Å²) in [6, 6.07) is 5.27. The van der Waals surface area contributed by atoms with Gasteiger partial charge in [-0.1, -0.05) is 12.1 Å². The molecule has 0 saturated carbocycles. The lowest BCUT2D eigenvalue weighted by Gasteiger charge is -2.28. The van der Waals surface area contributed by atoms with Crippen LogP contribution in [0.2, 0.25) is 0 Å². The number of aliphatic carboxylic acids is 1. The molecule has 7 heteroatoms. The molecule has 2 amide bonds. The number of rotatable bonds is 4. The molecule has 2 atom stereocenters. The van der Waals surface area contributed by atoms with E-state index in [2.05, 4.69) is 10.6 Å². The molecule has 1 aliphatic rings. The van der Waals surface area contributed by atoms with Crippen molar-refractivity contribution in [1.29, 1.82) is 0 Å². The fourth-order valence-corrected chi connectivity index (χ4v) is 2.03. The van der Waals surface area contributed by atoms with Gasteiger partial charge >= 0.3 is 5.97 Å². The van der Waals surface area contributed by atoms with E-state index in [0.717, 1.165) is 5.56 Å². The summed E-state index contributed by atoms with van der Waals surface area (Å²) in [5.74, 6) is -2.00. The molecule has 0 aromatic heterocycles. The van der Waals surface area contributed by atoms with Gasteiger partial charge in [-0.05, 0) is 17.7 Å². The number of carbonyl (C=O) groups excluding carboxylic acids is 2. The van der Waals surface area contributed by atoms with Crippen molar-refractivity contribution in [2.75, 3.05) is 5.73 Å². The Balaban J connectivity index is 2.01. The van der Waals surface area contributed by atoms with Gasteiger partial charge in [0.25, 0.3) is 0 Å². The first-order valence-electron chi connectivity index (χ1n) is 6.12. The molecule has 2 rings (SSSR count). The lowest BCUT2D eigenvalue weighted by Crippen LogP contribution is -2.62. The Morgan fingerprint density at radius 1 is 1.10 bits per heavy atom. The SMILES string of the molecule is Nc1ccc(CC2NC(=O)C(CC(=O)O)NC2=O)cc1. The number of nitrogens with one attached hydrogen (secondary N) is 2. The molecular formula is C13H15N3O4. The normalized spacial score (nSPS) is 22.0. The van der Waals surface area contributed by atoms with Crippen LogP contribution >= 0.6 is 0 Å². The third kappa shape index (κ3) is 3.25. The molecule has 2 unspecified atom stereocenters. The van der Waals surface area contributed by atoms with Crippen molar-refractivity contribution < 1.29 is 19.5 Å². The predicted molar refractivity (Wildman–Crippen MR) is 70.7 cm³/mol. The fraction of sp³-hybridized carbons (Fsp3) is 0.308. The third-order valence-corrected chi connectivity index (χ3v) is 3.06. The van der Waals surface area contributed by atoms with Crippen LogP contribution in [0.25, 0.3) is 0 Å². The molecule has 0 aliphatic carbocycles. The molecule has 0 radical (unpaired) electrons. The third-order valence-electron chi connectivity index (χ3n) is 3.06. The fourth-order valence-electron chi connectivity index (χ4n) is 2.03. The minimum Gasteiger partial charge on any atom is -0.481 e. The predicted octanol–water partition coefficient (Wildman–Crippen LogP) is -0.731. The molecule has 106 valence electrons. The lowest BCUT2D eigenvalue weighted by atomic mass is 10.0. The summed E-state index contributed by atoms with van der Waals surface area (Å²) in [5.41, 5.74) is 7.04. The van der Waals surface area contributed by atoms with E-state index in [1.807, 2.05) is 0 Å². The van der Waals surface area contributed by atoms with Crippen molar-refractivity contribution >= 4 is 23.5 Å². The van der Waals surface area contributed by atoms with Gasteiger partial charge < -0.3 is 21.5 Å². The van der Waals surface area contributed by atoms with E-state index in [1.165, 1.54) is 0 Å². The number of hydrogen-bond donors (Lipinski definition) is 4. The van der Waals surface area contributed by atoms with E-state index in [9.17, 15) is 14.4 Å². The van der Waals surface area contributed by atoms with E-state index in [-0.39, 0.29) is 5.91 Å². The average molecular weight is 277 g/mol. The number of carboxylic acids is 1. The number of amides is 2.